The van der Waals surface area contributed by atoms with Gasteiger partial charge >= 0.3 is 0 Å². The number of amides is 5. The maximum absolute atomic E-state index is 13.9. The number of carbonyl (C=O) groups is 6. The first-order chi connectivity index (χ1) is 21.9. The second kappa shape index (κ2) is 19.6. The Kier molecular flexibility index (Phi) is 16.3. The van der Waals surface area contributed by atoms with Gasteiger partial charge in [-0.3, -0.25) is 33.8 Å². The van der Waals surface area contributed by atoms with Crippen molar-refractivity contribution in [2.45, 2.75) is 123 Å². The van der Waals surface area contributed by atoms with Crippen LogP contribution in [-0.4, -0.2) is 76.0 Å². The van der Waals surface area contributed by atoms with Crippen LogP contribution in [0.25, 0.3) is 0 Å². The summed E-state index contributed by atoms with van der Waals surface area (Å²) in [5.41, 5.74) is 0.0629. The number of carbonyl (C=O) groups excluding carboxylic acids is 6. The van der Waals surface area contributed by atoms with Gasteiger partial charge in [0, 0.05) is 18.9 Å². The highest BCUT2D eigenvalue weighted by Gasteiger charge is 2.35. The molecule has 1 fully saturated rings. The SMILES string of the molecule is CCNC(=O)C(=O)C(CC)NC(=O)[C@H](CC1CCCCC1)NC(=O)[C@@H](NC(=O)[C@H](CC(C)C)NC(=O)c1cnccn1)C(C)CC. The zero-order valence-electron chi connectivity index (χ0n) is 28.2. The Bertz CT molecular complexity index is 1170. The maximum atomic E-state index is 13.9. The summed E-state index contributed by atoms with van der Waals surface area (Å²) in [6, 6.07) is -3.95. The van der Waals surface area contributed by atoms with Gasteiger partial charge in [0.25, 0.3) is 11.8 Å². The fourth-order valence-electron chi connectivity index (χ4n) is 5.59. The minimum Gasteiger partial charge on any atom is -0.350 e. The number of rotatable bonds is 18. The molecule has 13 nitrogen and oxygen atoms in total. The van der Waals surface area contributed by atoms with Crippen molar-refractivity contribution in [1.82, 2.24) is 36.6 Å². The highest BCUT2D eigenvalue weighted by atomic mass is 16.2. The molecule has 0 radical (unpaired) electrons. The van der Waals surface area contributed by atoms with Crippen molar-refractivity contribution in [3.8, 4) is 0 Å². The van der Waals surface area contributed by atoms with E-state index in [9.17, 15) is 28.8 Å². The Morgan fingerprint density at radius 1 is 0.783 bits per heavy atom. The van der Waals surface area contributed by atoms with Gasteiger partial charge in [-0.1, -0.05) is 73.1 Å². The molecule has 46 heavy (non-hydrogen) atoms. The number of hydrogen-bond donors (Lipinski definition) is 5. The van der Waals surface area contributed by atoms with Gasteiger partial charge in [-0.2, -0.15) is 0 Å². The van der Waals surface area contributed by atoms with Gasteiger partial charge in [-0.15, -0.1) is 0 Å². The zero-order chi connectivity index (χ0) is 34.2. The smallest absolute Gasteiger partial charge is 0.289 e. The second-order valence-corrected chi connectivity index (χ2v) is 12.6. The molecule has 0 aromatic carbocycles. The van der Waals surface area contributed by atoms with Gasteiger partial charge in [0.05, 0.1) is 12.2 Å². The topological polar surface area (TPSA) is 188 Å². The Morgan fingerprint density at radius 3 is 2.00 bits per heavy atom. The summed E-state index contributed by atoms with van der Waals surface area (Å²) in [6.45, 7) is 11.2. The first kappa shape index (κ1) is 38.3. The summed E-state index contributed by atoms with van der Waals surface area (Å²) in [6.07, 6.45) is 10.6. The number of hydrogen-bond acceptors (Lipinski definition) is 8. The fourth-order valence-corrected chi connectivity index (χ4v) is 5.59. The largest absolute Gasteiger partial charge is 0.350 e. The normalized spacial score (nSPS) is 16.7. The standard InChI is InChI=1S/C33H53N7O6/c1-7-21(6)27(40-30(43)24(17-20(4)5)38-31(44)26-19-34-15-16-36-26)32(45)39-25(18-22-13-11-10-12-14-22)29(42)37-23(8-2)28(41)33(46)35-9-3/h15-16,19-25,27H,7-14,17-18H2,1-6H3,(H,35,46)(H,37,42)(H,38,44)(H,39,45)(H,40,43)/t21?,23?,24-,25-,27-/m0/s1. The molecule has 1 aromatic heterocycles. The quantitative estimate of drug-likeness (QED) is 0.151. The van der Waals surface area contributed by atoms with Crippen molar-refractivity contribution >= 4 is 35.3 Å². The number of aromatic nitrogens is 2. The van der Waals surface area contributed by atoms with E-state index in [0.29, 0.717) is 19.3 Å². The third-order valence-electron chi connectivity index (χ3n) is 8.45. The van der Waals surface area contributed by atoms with Gasteiger partial charge in [0.15, 0.2) is 0 Å². The molecule has 1 aliphatic carbocycles. The summed E-state index contributed by atoms with van der Waals surface area (Å²) in [7, 11) is 0. The fraction of sp³-hybridized carbons (Fsp3) is 0.697. The van der Waals surface area contributed by atoms with Crippen molar-refractivity contribution in [3.63, 3.8) is 0 Å². The highest BCUT2D eigenvalue weighted by molar-refractivity contribution is 6.38. The van der Waals surface area contributed by atoms with Crippen LogP contribution in [0.3, 0.4) is 0 Å². The lowest BCUT2D eigenvalue weighted by Crippen LogP contribution is -2.60. The second-order valence-electron chi connectivity index (χ2n) is 12.6. The number of likely N-dealkylation sites (N-methyl/N-ethyl adjacent to an activating group) is 1. The molecule has 1 aromatic rings. The summed E-state index contributed by atoms with van der Waals surface area (Å²) in [5.74, 6) is -3.75. The van der Waals surface area contributed by atoms with Crippen molar-refractivity contribution in [2.75, 3.05) is 6.54 Å². The third-order valence-corrected chi connectivity index (χ3v) is 8.45. The molecule has 5 amide bonds. The molecule has 0 aliphatic heterocycles. The molecule has 2 unspecified atom stereocenters. The van der Waals surface area contributed by atoms with Gasteiger partial charge < -0.3 is 26.6 Å². The van der Waals surface area contributed by atoms with Crippen LogP contribution in [0, 0.1) is 17.8 Å². The molecule has 1 saturated carbocycles. The molecule has 1 heterocycles. The lowest BCUT2D eigenvalue weighted by atomic mass is 9.84. The Balaban J connectivity index is 2.27. The maximum Gasteiger partial charge on any atom is 0.289 e. The minimum absolute atomic E-state index is 0.0472. The van der Waals surface area contributed by atoms with E-state index in [0.717, 1.165) is 32.1 Å². The Morgan fingerprint density at radius 2 is 1.43 bits per heavy atom. The predicted octanol–water partition coefficient (Wildman–Crippen LogP) is 2.21. The molecule has 5 N–H and O–H groups in total. The highest BCUT2D eigenvalue weighted by Crippen LogP contribution is 2.27. The van der Waals surface area contributed by atoms with Crippen LogP contribution >= 0.6 is 0 Å². The van der Waals surface area contributed by atoms with E-state index in [4.69, 9.17) is 0 Å². The summed E-state index contributed by atoms with van der Waals surface area (Å²) in [4.78, 5) is 86.7. The van der Waals surface area contributed by atoms with Gasteiger partial charge in [-0.25, -0.2) is 4.98 Å². The number of nitrogens with zero attached hydrogens (tertiary/aromatic N) is 2. The number of ketones is 1. The molecule has 0 saturated heterocycles. The van der Waals surface area contributed by atoms with Gasteiger partial charge in [-0.05, 0) is 43.9 Å². The molecular weight excluding hydrogens is 590 g/mol. The number of Topliss-reactive ketones (excluding diaryl/α,β-unsaturated/α-hetero) is 1. The van der Waals surface area contributed by atoms with Crippen molar-refractivity contribution in [1.29, 1.82) is 0 Å². The minimum atomic E-state index is -1.04. The summed E-state index contributed by atoms with van der Waals surface area (Å²) in [5, 5.41) is 13.6. The molecule has 2 rings (SSSR count). The average Bonchev–Trinajstić information content (AvgIpc) is 3.05. The van der Waals surface area contributed by atoms with Gasteiger partial charge in [0.1, 0.15) is 23.8 Å². The van der Waals surface area contributed by atoms with E-state index in [2.05, 4.69) is 36.6 Å². The van der Waals surface area contributed by atoms with E-state index in [1.165, 1.54) is 18.6 Å². The van der Waals surface area contributed by atoms with Crippen molar-refractivity contribution < 1.29 is 28.8 Å². The molecular formula is C33H53N7O6. The molecule has 5 atom stereocenters. The van der Waals surface area contributed by atoms with E-state index in [1.807, 2.05) is 27.7 Å². The first-order valence-corrected chi connectivity index (χ1v) is 16.7. The van der Waals surface area contributed by atoms with Crippen LogP contribution in [0.1, 0.15) is 110 Å². The predicted molar refractivity (Wildman–Crippen MR) is 173 cm³/mol. The third kappa shape index (κ3) is 12.1. The van der Waals surface area contributed by atoms with Gasteiger partial charge in [0.2, 0.25) is 23.5 Å². The Labute approximate surface area is 272 Å². The average molecular weight is 644 g/mol. The number of nitrogens with one attached hydrogen (secondary N) is 5. The molecule has 0 bridgehead atoms. The van der Waals surface area contributed by atoms with Crippen LogP contribution in [0.2, 0.25) is 0 Å². The van der Waals surface area contributed by atoms with E-state index < -0.39 is 59.5 Å². The van der Waals surface area contributed by atoms with Crippen LogP contribution in [0.5, 0.6) is 0 Å². The molecule has 0 spiro atoms. The van der Waals surface area contributed by atoms with Crippen molar-refractivity contribution in [2.24, 2.45) is 17.8 Å². The Hall–Kier alpha value is -3.90. The van der Waals surface area contributed by atoms with E-state index >= 15 is 0 Å². The first-order valence-electron chi connectivity index (χ1n) is 16.7. The zero-order valence-corrected chi connectivity index (χ0v) is 28.2. The molecule has 256 valence electrons. The molecule has 1 aliphatic rings. The lowest BCUT2D eigenvalue weighted by Gasteiger charge is -2.31. The van der Waals surface area contributed by atoms with E-state index in [1.54, 1.807) is 13.8 Å². The van der Waals surface area contributed by atoms with Crippen molar-refractivity contribution in [3.05, 3.63) is 24.3 Å². The van der Waals surface area contributed by atoms with Crippen LogP contribution < -0.4 is 26.6 Å². The monoisotopic (exact) mass is 643 g/mol. The lowest BCUT2D eigenvalue weighted by molar-refractivity contribution is -0.140. The van der Waals surface area contributed by atoms with Crippen LogP contribution in [-0.2, 0) is 24.0 Å². The summed E-state index contributed by atoms with van der Waals surface area (Å²) >= 11 is 0. The van der Waals surface area contributed by atoms with Crippen LogP contribution in [0.4, 0.5) is 0 Å². The van der Waals surface area contributed by atoms with E-state index in [-0.39, 0.29) is 36.4 Å². The van der Waals surface area contributed by atoms with Crippen LogP contribution in [0.15, 0.2) is 18.6 Å². The summed E-state index contributed by atoms with van der Waals surface area (Å²) < 4.78 is 0. The molecule has 13 heteroatoms.